The van der Waals surface area contributed by atoms with Crippen molar-refractivity contribution < 1.29 is 9.59 Å². The minimum Gasteiger partial charge on any atom is -0.351 e. The molecule has 1 fully saturated rings. The van der Waals surface area contributed by atoms with Crippen molar-refractivity contribution in [1.29, 1.82) is 0 Å². The maximum Gasteiger partial charge on any atom is 0.250 e. The Morgan fingerprint density at radius 2 is 1.76 bits per heavy atom. The monoisotopic (exact) mass is 447 g/mol. The molecule has 9 heteroatoms. The Morgan fingerprint density at radius 1 is 1.06 bits per heavy atom. The molecule has 0 bridgehead atoms. The molecule has 1 aliphatic heterocycles. The molecule has 0 aliphatic carbocycles. The van der Waals surface area contributed by atoms with Crippen LogP contribution in [0.3, 0.4) is 0 Å². The van der Waals surface area contributed by atoms with Crippen LogP contribution in [0.5, 0.6) is 0 Å². The third-order valence-corrected chi connectivity index (χ3v) is 5.96. The van der Waals surface area contributed by atoms with Gasteiger partial charge in [0.25, 0.3) is 0 Å². The highest BCUT2D eigenvalue weighted by molar-refractivity contribution is 5.87. The molecule has 0 spiro atoms. The number of tetrazole rings is 1. The van der Waals surface area contributed by atoms with Crippen LogP contribution in [0.25, 0.3) is 5.69 Å². The number of rotatable bonds is 7. The number of hydrogen-bond acceptors (Lipinski definition) is 6. The summed E-state index contributed by atoms with van der Waals surface area (Å²) in [6.07, 6.45) is 2.00. The van der Waals surface area contributed by atoms with Crippen LogP contribution in [0.4, 0.5) is 5.95 Å². The smallest absolute Gasteiger partial charge is 0.250 e. The molecule has 1 aliphatic rings. The van der Waals surface area contributed by atoms with Crippen LogP contribution in [0.1, 0.15) is 30.9 Å². The van der Waals surface area contributed by atoms with Crippen molar-refractivity contribution in [3.05, 3.63) is 65.7 Å². The molecule has 2 aromatic carbocycles. The SMILES string of the molecule is CC(=O)N[C@@H](Cc1ccccc1C)C(=O)NC1CCN(c2nnnn2-c2ccccc2)CC1. The third-order valence-electron chi connectivity index (χ3n) is 5.96. The van der Waals surface area contributed by atoms with E-state index in [1.807, 2.05) is 61.5 Å². The Morgan fingerprint density at radius 3 is 2.45 bits per heavy atom. The highest BCUT2D eigenvalue weighted by atomic mass is 16.2. The summed E-state index contributed by atoms with van der Waals surface area (Å²) in [6.45, 7) is 4.89. The van der Waals surface area contributed by atoms with Gasteiger partial charge in [-0.2, -0.15) is 4.68 Å². The number of nitrogens with one attached hydrogen (secondary N) is 2. The molecule has 2 heterocycles. The van der Waals surface area contributed by atoms with Gasteiger partial charge in [-0.1, -0.05) is 47.6 Å². The number of carbonyl (C=O) groups is 2. The second kappa shape index (κ2) is 10.2. The van der Waals surface area contributed by atoms with Gasteiger partial charge in [-0.05, 0) is 53.5 Å². The molecule has 0 saturated carbocycles. The average molecular weight is 448 g/mol. The second-order valence-corrected chi connectivity index (χ2v) is 8.38. The number of hydrogen-bond donors (Lipinski definition) is 2. The van der Waals surface area contributed by atoms with Crippen molar-refractivity contribution in [2.45, 2.75) is 45.2 Å². The largest absolute Gasteiger partial charge is 0.351 e. The molecule has 0 unspecified atom stereocenters. The van der Waals surface area contributed by atoms with Crippen molar-refractivity contribution >= 4 is 17.8 Å². The number of amides is 2. The van der Waals surface area contributed by atoms with Crippen molar-refractivity contribution in [3.8, 4) is 5.69 Å². The molecular weight excluding hydrogens is 418 g/mol. The number of nitrogens with zero attached hydrogens (tertiary/aromatic N) is 5. The minimum absolute atomic E-state index is 0.0305. The van der Waals surface area contributed by atoms with Gasteiger partial charge in [-0.25, -0.2) is 0 Å². The van der Waals surface area contributed by atoms with Gasteiger partial charge in [0.15, 0.2) is 0 Å². The van der Waals surface area contributed by atoms with E-state index in [0.29, 0.717) is 12.4 Å². The summed E-state index contributed by atoms with van der Waals surface area (Å²) in [5.41, 5.74) is 3.06. The zero-order valence-corrected chi connectivity index (χ0v) is 18.9. The maximum absolute atomic E-state index is 13.0. The Bertz CT molecular complexity index is 1090. The van der Waals surface area contributed by atoms with E-state index in [-0.39, 0.29) is 17.9 Å². The van der Waals surface area contributed by atoms with E-state index in [1.54, 1.807) is 4.68 Å². The van der Waals surface area contributed by atoms with Crippen molar-refractivity contribution in [2.24, 2.45) is 0 Å². The molecular formula is C24H29N7O2. The van der Waals surface area contributed by atoms with E-state index in [0.717, 1.165) is 42.7 Å². The summed E-state index contributed by atoms with van der Waals surface area (Å²) < 4.78 is 1.73. The van der Waals surface area contributed by atoms with Crippen LogP contribution in [0.15, 0.2) is 54.6 Å². The van der Waals surface area contributed by atoms with Crippen LogP contribution < -0.4 is 15.5 Å². The van der Waals surface area contributed by atoms with Gasteiger partial charge in [-0.15, -0.1) is 0 Å². The zero-order chi connectivity index (χ0) is 23.2. The minimum atomic E-state index is -0.605. The van der Waals surface area contributed by atoms with Gasteiger partial charge >= 0.3 is 0 Å². The average Bonchev–Trinajstić information content (AvgIpc) is 3.31. The quantitative estimate of drug-likeness (QED) is 0.572. The first-order valence-corrected chi connectivity index (χ1v) is 11.2. The van der Waals surface area contributed by atoms with Crippen LogP contribution in [-0.4, -0.2) is 57.2 Å². The van der Waals surface area contributed by atoms with Crippen molar-refractivity contribution in [3.63, 3.8) is 0 Å². The summed E-state index contributed by atoms with van der Waals surface area (Å²) in [4.78, 5) is 26.9. The van der Waals surface area contributed by atoms with Crippen LogP contribution in [-0.2, 0) is 16.0 Å². The molecule has 0 radical (unpaired) electrons. The number of carbonyl (C=O) groups excluding carboxylic acids is 2. The lowest BCUT2D eigenvalue weighted by Gasteiger charge is -2.33. The highest BCUT2D eigenvalue weighted by Crippen LogP contribution is 2.20. The Hall–Kier alpha value is -3.75. The molecule has 2 amide bonds. The summed E-state index contributed by atoms with van der Waals surface area (Å²) >= 11 is 0. The molecule has 9 nitrogen and oxygen atoms in total. The Balaban J connectivity index is 1.37. The van der Waals surface area contributed by atoms with E-state index < -0.39 is 6.04 Å². The number of aromatic nitrogens is 4. The van der Waals surface area contributed by atoms with E-state index >= 15 is 0 Å². The van der Waals surface area contributed by atoms with Crippen molar-refractivity contribution in [1.82, 2.24) is 30.8 Å². The van der Waals surface area contributed by atoms with Crippen LogP contribution in [0, 0.1) is 6.92 Å². The normalized spacial score (nSPS) is 15.2. The lowest BCUT2D eigenvalue weighted by atomic mass is 9.99. The number of aryl methyl sites for hydroxylation is 1. The topological polar surface area (TPSA) is 105 Å². The van der Waals surface area contributed by atoms with Gasteiger partial charge in [-0.3, -0.25) is 9.59 Å². The van der Waals surface area contributed by atoms with Crippen LogP contribution in [0.2, 0.25) is 0 Å². The van der Waals surface area contributed by atoms with Gasteiger partial charge in [0, 0.05) is 32.5 Å². The number of benzene rings is 2. The van der Waals surface area contributed by atoms with E-state index in [4.69, 9.17) is 0 Å². The summed E-state index contributed by atoms with van der Waals surface area (Å²) in [6, 6.07) is 17.1. The van der Waals surface area contributed by atoms with Gasteiger partial charge < -0.3 is 15.5 Å². The number of anilines is 1. The second-order valence-electron chi connectivity index (χ2n) is 8.38. The number of para-hydroxylation sites is 1. The molecule has 172 valence electrons. The number of piperidine rings is 1. The molecule has 2 N–H and O–H groups in total. The van der Waals surface area contributed by atoms with E-state index in [1.165, 1.54) is 6.92 Å². The van der Waals surface area contributed by atoms with Gasteiger partial charge in [0.2, 0.25) is 17.8 Å². The third kappa shape index (κ3) is 5.54. The molecule has 33 heavy (non-hydrogen) atoms. The lowest BCUT2D eigenvalue weighted by Crippen LogP contribution is -2.52. The molecule has 1 atom stereocenters. The first kappa shape index (κ1) is 22.4. The Labute approximate surface area is 193 Å². The summed E-state index contributed by atoms with van der Waals surface area (Å²) in [5, 5.41) is 18.1. The summed E-state index contributed by atoms with van der Waals surface area (Å²) in [7, 11) is 0. The standard InChI is InChI=1S/C24H29N7O2/c1-17-8-6-7-9-19(17)16-22(25-18(2)32)23(33)26-20-12-14-30(15-13-20)24-27-28-29-31(24)21-10-4-3-5-11-21/h3-11,20,22H,12-16H2,1-2H3,(H,25,32)(H,26,33)/t22-/m0/s1. The fourth-order valence-electron chi connectivity index (χ4n) is 4.16. The predicted octanol–water partition coefficient (Wildman–Crippen LogP) is 1.80. The fourth-order valence-corrected chi connectivity index (χ4v) is 4.16. The zero-order valence-electron chi connectivity index (χ0n) is 18.9. The van der Waals surface area contributed by atoms with E-state index in [2.05, 4.69) is 31.1 Å². The first-order chi connectivity index (χ1) is 16.0. The van der Waals surface area contributed by atoms with Crippen LogP contribution >= 0.6 is 0 Å². The summed E-state index contributed by atoms with van der Waals surface area (Å²) in [5.74, 6) is 0.328. The van der Waals surface area contributed by atoms with E-state index in [9.17, 15) is 9.59 Å². The Kier molecular flexibility index (Phi) is 6.97. The van der Waals surface area contributed by atoms with Gasteiger partial charge in [0.05, 0.1) is 5.69 Å². The predicted molar refractivity (Wildman–Crippen MR) is 125 cm³/mol. The van der Waals surface area contributed by atoms with Crippen molar-refractivity contribution in [2.75, 3.05) is 18.0 Å². The lowest BCUT2D eigenvalue weighted by molar-refractivity contribution is -0.128. The molecule has 4 rings (SSSR count). The first-order valence-electron chi connectivity index (χ1n) is 11.2. The molecule has 3 aromatic rings. The maximum atomic E-state index is 13.0. The molecule has 1 saturated heterocycles. The highest BCUT2D eigenvalue weighted by Gasteiger charge is 2.27. The fraction of sp³-hybridized carbons (Fsp3) is 0.375. The van der Waals surface area contributed by atoms with Gasteiger partial charge in [0.1, 0.15) is 6.04 Å². The molecule has 1 aromatic heterocycles.